The molecule has 0 aromatic rings. The first-order valence-corrected chi connectivity index (χ1v) is 5.47. The van der Waals surface area contributed by atoms with E-state index in [-0.39, 0.29) is 0 Å². The van der Waals surface area contributed by atoms with Crippen molar-refractivity contribution in [1.29, 1.82) is 0 Å². The maximum atomic E-state index is 4.12. The molecule has 0 aromatic heterocycles. The van der Waals surface area contributed by atoms with E-state index < -0.39 is 0 Å². The number of rotatable bonds is 1. The lowest BCUT2D eigenvalue weighted by molar-refractivity contribution is 0.153. The Labute approximate surface area is 81.0 Å². The van der Waals surface area contributed by atoms with Crippen molar-refractivity contribution in [3.8, 4) is 0 Å². The fourth-order valence-electron chi connectivity index (χ4n) is 2.48. The average Bonchev–Trinajstić information content (AvgIpc) is 2.19. The summed E-state index contributed by atoms with van der Waals surface area (Å²) in [5.74, 6) is 0. The summed E-state index contributed by atoms with van der Waals surface area (Å²) in [5, 5.41) is 3.40. The molecule has 0 radical (unpaired) electrons. The second-order valence-corrected chi connectivity index (χ2v) is 4.29. The minimum Gasteiger partial charge on any atom is -0.314 e. The summed E-state index contributed by atoms with van der Waals surface area (Å²) in [4.78, 5) is 2.64. The lowest BCUT2D eigenvalue weighted by atomic mass is 9.90. The summed E-state index contributed by atoms with van der Waals surface area (Å²) in [5.41, 5.74) is 1.47. The largest absolute Gasteiger partial charge is 0.314 e. The summed E-state index contributed by atoms with van der Waals surface area (Å²) in [6.07, 6.45) is 5.26. The van der Waals surface area contributed by atoms with Gasteiger partial charge in [-0.05, 0) is 25.7 Å². The number of piperazine rings is 1. The van der Waals surface area contributed by atoms with Gasteiger partial charge < -0.3 is 5.32 Å². The average molecular weight is 180 g/mol. The van der Waals surface area contributed by atoms with Crippen LogP contribution in [0.1, 0.15) is 25.7 Å². The molecule has 1 heterocycles. The van der Waals surface area contributed by atoms with E-state index >= 15 is 0 Å². The molecule has 1 unspecified atom stereocenters. The maximum Gasteiger partial charge on any atom is 0.0133 e. The highest BCUT2D eigenvalue weighted by molar-refractivity contribution is 5.02. The molecule has 2 rings (SSSR count). The maximum absolute atomic E-state index is 4.12. The molecule has 1 atom stereocenters. The Bertz CT molecular complexity index is 183. The van der Waals surface area contributed by atoms with E-state index in [0.29, 0.717) is 0 Å². The van der Waals surface area contributed by atoms with Gasteiger partial charge in [0.15, 0.2) is 0 Å². The first-order valence-electron chi connectivity index (χ1n) is 5.47. The molecular weight excluding hydrogens is 160 g/mol. The predicted molar refractivity (Wildman–Crippen MR) is 55.8 cm³/mol. The normalized spacial score (nSPS) is 32.0. The van der Waals surface area contributed by atoms with Crippen LogP contribution in [0, 0.1) is 0 Å². The van der Waals surface area contributed by atoms with Crippen LogP contribution in [0.25, 0.3) is 0 Å². The lowest BCUT2D eigenvalue weighted by Crippen LogP contribution is -2.49. The second-order valence-electron chi connectivity index (χ2n) is 4.29. The summed E-state index contributed by atoms with van der Waals surface area (Å²) in [6.45, 7) is 8.92. The van der Waals surface area contributed by atoms with Gasteiger partial charge in [-0.2, -0.15) is 0 Å². The lowest BCUT2D eigenvalue weighted by Gasteiger charge is -2.37. The first kappa shape index (κ1) is 9.22. The van der Waals surface area contributed by atoms with E-state index in [1.165, 1.54) is 57.4 Å². The molecule has 13 heavy (non-hydrogen) atoms. The molecule has 1 saturated heterocycles. The van der Waals surface area contributed by atoms with E-state index in [9.17, 15) is 0 Å². The Morgan fingerprint density at radius 3 is 2.77 bits per heavy atom. The van der Waals surface area contributed by atoms with E-state index in [2.05, 4.69) is 16.8 Å². The summed E-state index contributed by atoms with van der Waals surface area (Å²) in [7, 11) is 0. The van der Waals surface area contributed by atoms with Crippen molar-refractivity contribution in [2.45, 2.75) is 31.7 Å². The molecule has 1 aliphatic carbocycles. The van der Waals surface area contributed by atoms with Crippen LogP contribution in [-0.4, -0.2) is 37.1 Å². The number of hydrogen-bond donors (Lipinski definition) is 1. The van der Waals surface area contributed by atoms with Gasteiger partial charge in [-0.25, -0.2) is 0 Å². The van der Waals surface area contributed by atoms with Crippen molar-refractivity contribution in [3.63, 3.8) is 0 Å². The van der Waals surface area contributed by atoms with Crippen LogP contribution >= 0.6 is 0 Å². The topological polar surface area (TPSA) is 15.3 Å². The smallest absolute Gasteiger partial charge is 0.0133 e. The second kappa shape index (κ2) is 4.25. The van der Waals surface area contributed by atoms with Crippen molar-refractivity contribution < 1.29 is 0 Å². The van der Waals surface area contributed by atoms with E-state index in [1.807, 2.05) is 0 Å². The number of nitrogens with one attached hydrogen (secondary N) is 1. The monoisotopic (exact) mass is 180 g/mol. The van der Waals surface area contributed by atoms with Crippen molar-refractivity contribution in [1.82, 2.24) is 10.2 Å². The Kier molecular flexibility index (Phi) is 3.01. The van der Waals surface area contributed by atoms with Gasteiger partial charge in [-0.1, -0.05) is 12.2 Å². The van der Waals surface area contributed by atoms with Crippen LogP contribution in [-0.2, 0) is 0 Å². The Morgan fingerprint density at radius 1 is 1.31 bits per heavy atom. The standard InChI is InChI=1S/C11H20N2/c1-10-3-2-4-11(9-10)13-7-5-12-6-8-13/h11-12H,1-9H2. The molecule has 0 amide bonds. The van der Waals surface area contributed by atoms with Crippen molar-refractivity contribution in [2.75, 3.05) is 26.2 Å². The molecule has 1 saturated carbocycles. The third-order valence-corrected chi connectivity index (χ3v) is 3.26. The van der Waals surface area contributed by atoms with Crippen LogP contribution in [0.4, 0.5) is 0 Å². The van der Waals surface area contributed by atoms with E-state index in [4.69, 9.17) is 0 Å². The SMILES string of the molecule is C=C1CCCC(N2CCNCC2)C1. The highest BCUT2D eigenvalue weighted by atomic mass is 15.2. The molecule has 0 aromatic carbocycles. The van der Waals surface area contributed by atoms with Crippen LogP contribution in [0.15, 0.2) is 12.2 Å². The van der Waals surface area contributed by atoms with Crippen molar-refractivity contribution >= 4 is 0 Å². The van der Waals surface area contributed by atoms with Crippen LogP contribution < -0.4 is 5.32 Å². The minimum absolute atomic E-state index is 0.809. The summed E-state index contributed by atoms with van der Waals surface area (Å²) >= 11 is 0. The molecule has 0 bridgehead atoms. The third kappa shape index (κ3) is 2.32. The van der Waals surface area contributed by atoms with Crippen molar-refractivity contribution in [3.05, 3.63) is 12.2 Å². The highest BCUT2D eigenvalue weighted by Crippen LogP contribution is 2.25. The molecule has 1 aliphatic heterocycles. The summed E-state index contributed by atoms with van der Waals surface area (Å²) < 4.78 is 0. The summed E-state index contributed by atoms with van der Waals surface area (Å²) in [6, 6.07) is 0.809. The molecule has 2 aliphatic rings. The fourth-order valence-corrected chi connectivity index (χ4v) is 2.48. The van der Waals surface area contributed by atoms with E-state index in [1.54, 1.807) is 0 Å². The Morgan fingerprint density at radius 2 is 2.08 bits per heavy atom. The van der Waals surface area contributed by atoms with Gasteiger partial charge >= 0.3 is 0 Å². The quantitative estimate of drug-likeness (QED) is 0.613. The zero-order valence-corrected chi connectivity index (χ0v) is 8.39. The van der Waals surface area contributed by atoms with Crippen molar-refractivity contribution in [2.24, 2.45) is 0 Å². The highest BCUT2D eigenvalue weighted by Gasteiger charge is 2.23. The fraction of sp³-hybridized carbons (Fsp3) is 0.818. The minimum atomic E-state index is 0.809. The van der Waals surface area contributed by atoms with Crippen LogP contribution in [0.3, 0.4) is 0 Å². The van der Waals surface area contributed by atoms with E-state index in [0.717, 1.165) is 6.04 Å². The molecular formula is C11H20N2. The Hall–Kier alpha value is -0.340. The molecule has 1 N–H and O–H groups in total. The zero-order chi connectivity index (χ0) is 9.10. The number of nitrogens with zero attached hydrogens (tertiary/aromatic N) is 1. The first-order chi connectivity index (χ1) is 6.36. The molecule has 0 spiro atoms. The predicted octanol–water partition coefficient (Wildman–Crippen LogP) is 1.39. The van der Waals surface area contributed by atoms with Crippen LogP contribution in [0.5, 0.6) is 0 Å². The van der Waals surface area contributed by atoms with Gasteiger partial charge in [0.2, 0.25) is 0 Å². The molecule has 2 heteroatoms. The van der Waals surface area contributed by atoms with Gasteiger partial charge in [-0.3, -0.25) is 4.90 Å². The Balaban J connectivity index is 1.87. The third-order valence-electron chi connectivity index (χ3n) is 3.26. The van der Waals surface area contributed by atoms with Gasteiger partial charge in [0.1, 0.15) is 0 Å². The van der Waals surface area contributed by atoms with Gasteiger partial charge in [0.25, 0.3) is 0 Å². The molecule has 2 fully saturated rings. The molecule has 2 nitrogen and oxygen atoms in total. The van der Waals surface area contributed by atoms with Gasteiger partial charge in [0.05, 0.1) is 0 Å². The number of hydrogen-bond acceptors (Lipinski definition) is 2. The zero-order valence-electron chi connectivity index (χ0n) is 8.39. The molecule has 74 valence electrons. The van der Waals surface area contributed by atoms with Gasteiger partial charge in [-0.15, -0.1) is 0 Å². The van der Waals surface area contributed by atoms with Gasteiger partial charge in [0, 0.05) is 32.2 Å². The van der Waals surface area contributed by atoms with Crippen LogP contribution in [0.2, 0.25) is 0 Å².